The molecule has 0 spiro atoms. The third-order valence-corrected chi connectivity index (χ3v) is 2.74. The number of amides is 1. The highest BCUT2D eigenvalue weighted by atomic mass is 16.5. The topological polar surface area (TPSA) is 89.3 Å². The van der Waals surface area contributed by atoms with Gasteiger partial charge in [-0.15, -0.1) is 0 Å². The van der Waals surface area contributed by atoms with Crippen LogP contribution in [0.25, 0.3) is 0 Å². The molecule has 0 saturated heterocycles. The normalized spacial score (nSPS) is 10.4. The van der Waals surface area contributed by atoms with E-state index in [2.05, 4.69) is 20.8 Å². The van der Waals surface area contributed by atoms with Crippen molar-refractivity contribution in [3.05, 3.63) is 36.0 Å². The average Bonchev–Trinajstić information content (AvgIpc) is 2.90. The predicted octanol–water partition coefficient (Wildman–Crippen LogP) is 1.16. The molecule has 0 aliphatic carbocycles. The Morgan fingerprint density at radius 3 is 2.71 bits per heavy atom. The number of hydrogen-bond donors (Lipinski definition) is 2. The van der Waals surface area contributed by atoms with E-state index >= 15 is 0 Å². The summed E-state index contributed by atoms with van der Waals surface area (Å²) in [7, 11) is 1.60. The molecule has 0 aliphatic rings. The summed E-state index contributed by atoms with van der Waals surface area (Å²) in [6.07, 6.45) is 0.594. The molecule has 1 heterocycles. The van der Waals surface area contributed by atoms with Gasteiger partial charge in [-0.3, -0.25) is 4.79 Å². The number of anilines is 1. The van der Waals surface area contributed by atoms with Gasteiger partial charge in [0.2, 0.25) is 11.8 Å². The number of aromatic nitrogens is 2. The van der Waals surface area contributed by atoms with E-state index in [0.29, 0.717) is 24.7 Å². The SMILES string of the molecule is COc1ccc(NC(=O)CNCCc2nc(C)no2)cc1. The summed E-state index contributed by atoms with van der Waals surface area (Å²) in [5.74, 6) is 1.82. The van der Waals surface area contributed by atoms with Crippen molar-refractivity contribution in [1.29, 1.82) is 0 Å². The molecule has 1 amide bonds. The molecule has 2 aromatic rings. The fraction of sp³-hybridized carbons (Fsp3) is 0.357. The van der Waals surface area contributed by atoms with Crippen LogP contribution in [-0.4, -0.2) is 36.2 Å². The van der Waals surface area contributed by atoms with Gasteiger partial charge in [-0.25, -0.2) is 0 Å². The number of nitrogens with one attached hydrogen (secondary N) is 2. The number of methoxy groups -OCH3 is 1. The van der Waals surface area contributed by atoms with E-state index in [1.807, 2.05) is 0 Å². The third kappa shape index (κ3) is 4.88. The van der Waals surface area contributed by atoms with Gasteiger partial charge in [-0.1, -0.05) is 5.16 Å². The van der Waals surface area contributed by atoms with Crippen LogP contribution in [0.3, 0.4) is 0 Å². The van der Waals surface area contributed by atoms with Gasteiger partial charge in [0.05, 0.1) is 13.7 Å². The van der Waals surface area contributed by atoms with E-state index in [-0.39, 0.29) is 12.5 Å². The van der Waals surface area contributed by atoms with Gasteiger partial charge in [-0.2, -0.15) is 4.98 Å². The maximum Gasteiger partial charge on any atom is 0.238 e. The van der Waals surface area contributed by atoms with Crippen LogP contribution >= 0.6 is 0 Å². The molecule has 0 fully saturated rings. The van der Waals surface area contributed by atoms with Crippen molar-refractivity contribution in [2.75, 3.05) is 25.5 Å². The Labute approximate surface area is 122 Å². The molecular weight excluding hydrogens is 272 g/mol. The van der Waals surface area contributed by atoms with Crippen molar-refractivity contribution in [1.82, 2.24) is 15.5 Å². The number of rotatable bonds is 7. The van der Waals surface area contributed by atoms with Gasteiger partial charge < -0.3 is 19.9 Å². The summed E-state index contributed by atoms with van der Waals surface area (Å²) in [6, 6.07) is 7.16. The quantitative estimate of drug-likeness (QED) is 0.744. The molecule has 0 saturated carbocycles. The molecule has 0 radical (unpaired) electrons. The second-order valence-corrected chi connectivity index (χ2v) is 4.44. The first-order valence-electron chi connectivity index (χ1n) is 6.61. The van der Waals surface area contributed by atoms with E-state index in [0.717, 1.165) is 11.4 Å². The number of nitrogens with zero attached hydrogens (tertiary/aromatic N) is 2. The lowest BCUT2D eigenvalue weighted by Crippen LogP contribution is -2.29. The summed E-state index contributed by atoms with van der Waals surface area (Å²) in [5.41, 5.74) is 0.732. The van der Waals surface area contributed by atoms with Crippen LogP contribution in [0.15, 0.2) is 28.8 Å². The van der Waals surface area contributed by atoms with Crippen LogP contribution in [0.4, 0.5) is 5.69 Å². The summed E-state index contributed by atoms with van der Waals surface area (Å²) in [4.78, 5) is 15.8. The van der Waals surface area contributed by atoms with Crippen LogP contribution in [0.1, 0.15) is 11.7 Å². The molecule has 0 unspecified atom stereocenters. The molecule has 1 aromatic heterocycles. The Bertz CT molecular complexity index is 580. The van der Waals surface area contributed by atoms with Crippen LogP contribution in [0, 0.1) is 6.92 Å². The molecule has 112 valence electrons. The van der Waals surface area contributed by atoms with Gasteiger partial charge in [-0.05, 0) is 31.2 Å². The van der Waals surface area contributed by atoms with Crippen molar-refractivity contribution in [2.45, 2.75) is 13.3 Å². The van der Waals surface area contributed by atoms with Crippen LogP contribution < -0.4 is 15.4 Å². The fourth-order valence-electron chi connectivity index (χ4n) is 1.72. The Hall–Kier alpha value is -2.41. The number of carbonyl (C=O) groups excluding carboxylic acids is 1. The van der Waals surface area contributed by atoms with Gasteiger partial charge in [0.25, 0.3) is 0 Å². The van der Waals surface area contributed by atoms with Crippen molar-refractivity contribution in [2.24, 2.45) is 0 Å². The summed E-state index contributed by atoms with van der Waals surface area (Å²) >= 11 is 0. The van der Waals surface area contributed by atoms with Crippen molar-refractivity contribution >= 4 is 11.6 Å². The van der Waals surface area contributed by atoms with Gasteiger partial charge in [0.1, 0.15) is 5.75 Å². The zero-order valence-electron chi connectivity index (χ0n) is 12.0. The van der Waals surface area contributed by atoms with Crippen molar-refractivity contribution in [3.8, 4) is 5.75 Å². The Balaban J connectivity index is 1.67. The smallest absolute Gasteiger partial charge is 0.238 e. The van der Waals surface area contributed by atoms with Crippen LogP contribution in [-0.2, 0) is 11.2 Å². The molecule has 7 heteroatoms. The van der Waals surface area contributed by atoms with E-state index in [1.54, 1.807) is 38.3 Å². The van der Waals surface area contributed by atoms with Crippen LogP contribution in [0.5, 0.6) is 5.75 Å². The van der Waals surface area contributed by atoms with E-state index < -0.39 is 0 Å². The second kappa shape index (κ2) is 7.39. The maximum atomic E-state index is 11.7. The van der Waals surface area contributed by atoms with Crippen molar-refractivity contribution < 1.29 is 14.1 Å². The molecule has 0 atom stereocenters. The third-order valence-electron chi connectivity index (χ3n) is 2.74. The molecule has 0 aliphatic heterocycles. The number of ether oxygens (including phenoxy) is 1. The minimum Gasteiger partial charge on any atom is -0.497 e. The largest absolute Gasteiger partial charge is 0.497 e. The van der Waals surface area contributed by atoms with E-state index in [1.165, 1.54) is 0 Å². The Kier molecular flexibility index (Phi) is 5.28. The maximum absolute atomic E-state index is 11.7. The second-order valence-electron chi connectivity index (χ2n) is 4.44. The highest BCUT2D eigenvalue weighted by molar-refractivity contribution is 5.92. The molecule has 1 aromatic carbocycles. The first-order chi connectivity index (χ1) is 10.2. The molecule has 7 nitrogen and oxygen atoms in total. The van der Waals surface area contributed by atoms with Gasteiger partial charge in [0.15, 0.2) is 5.82 Å². The standard InChI is InChI=1S/C14H18N4O3/c1-10-16-14(21-18-10)7-8-15-9-13(19)17-11-3-5-12(20-2)6-4-11/h3-6,15H,7-9H2,1-2H3,(H,17,19). The first-order valence-corrected chi connectivity index (χ1v) is 6.61. The molecule has 0 bridgehead atoms. The molecular formula is C14H18N4O3. The van der Waals surface area contributed by atoms with Crippen molar-refractivity contribution in [3.63, 3.8) is 0 Å². The average molecular weight is 290 g/mol. The van der Waals surface area contributed by atoms with Gasteiger partial charge >= 0.3 is 0 Å². The summed E-state index contributed by atoms with van der Waals surface area (Å²) in [6.45, 7) is 2.58. The lowest BCUT2D eigenvalue weighted by atomic mass is 10.3. The molecule has 21 heavy (non-hydrogen) atoms. The zero-order valence-corrected chi connectivity index (χ0v) is 12.0. The van der Waals surface area contributed by atoms with E-state index in [9.17, 15) is 4.79 Å². The zero-order chi connectivity index (χ0) is 15.1. The predicted molar refractivity (Wildman–Crippen MR) is 77.2 cm³/mol. The first kappa shape index (κ1) is 15.0. The molecule has 2 N–H and O–H groups in total. The minimum absolute atomic E-state index is 0.109. The Morgan fingerprint density at radius 2 is 2.10 bits per heavy atom. The number of aryl methyl sites for hydroxylation is 1. The van der Waals surface area contributed by atoms with Crippen LogP contribution in [0.2, 0.25) is 0 Å². The number of hydrogen-bond acceptors (Lipinski definition) is 6. The molecule has 2 rings (SSSR count). The minimum atomic E-state index is -0.109. The van der Waals surface area contributed by atoms with Gasteiger partial charge in [0, 0.05) is 18.7 Å². The fourth-order valence-corrected chi connectivity index (χ4v) is 1.72. The number of benzene rings is 1. The summed E-state index contributed by atoms with van der Waals surface area (Å²) < 4.78 is 10.0. The van der Waals surface area contributed by atoms with E-state index in [4.69, 9.17) is 9.26 Å². The summed E-state index contributed by atoms with van der Waals surface area (Å²) in [5, 5.41) is 9.51. The lowest BCUT2D eigenvalue weighted by Gasteiger charge is -2.06. The highest BCUT2D eigenvalue weighted by Gasteiger charge is 2.04. The number of carbonyl (C=O) groups is 1. The lowest BCUT2D eigenvalue weighted by molar-refractivity contribution is -0.115. The monoisotopic (exact) mass is 290 g/mol. The highest BCUT2D eigenvalue weighted by Crippen LogP contribution is 2.14. The Morgan fingerprint density at radius 1 is 1.33 bits per heavy atom.